The van der Waals surface area contributed by atoms with Crippen molar-refractivity contribution in [1.82, 2.24) is 4.98 Å². The topological polar surface area (TPSA) is 12.9 Å². The zero-order valence-electron chi connectivity index (χ0n) is 19.0. The predicted molar refractivity (Wildman–Crippen MR) is 151 cm³/mol. The fourth-order valence-electron chi connectivity index (χ4n) is 4.98. The van der Waals surface area contributed by atoms with Crippen molar-refractivity contribution >= 4 is 42.3 Å². The highest BCUT2D eigenvalue weighted by atomic mass is 32.1. The van der Waals surface area contributed by atoms with Crippen molar-refractivity contribution in [3.63, 3.8) is 0 Å². The monoisotopic (exact) mass is 463 g/mol. The van der Waals surface area contributed by atoms with Gasteiger partial charge in [-0.1, -0.05) is 91.0 Å². The van der Waals surface area contributed by atoms with E-state index in [4.69, 9.17) is 0 Å². The number of benzene rings is 5. The van der Waals surface area contributed by atoms with E-state index in [0.29, 0.717) is 0 Å². The van der Waals surface area contributed by atoms with Crippen LogP contribution in [-0.2, 0) is 0 Å². The lowest BCUT2D eigenvalue weighted by Gasteiger charge is -2.07. The molecule has 0 saturated heterocycles. The van der Waals surface area contributed by atoms with Gasteiger partial charge in [-0.3, -0.25) is 4.98 Å². The van der Waals surface area contributed by atoms with E-state index in [9.17, 15) is 0 Å². The summed E-state index contributed by atoms with van der Waals surface area (Å²) in [4.78, 5) is 4.68. The van der Waals surface area contributed by atoms with Crippen LogP contribution in [-0.4, -0.2) is 4.98 Å². The van der Waals surface area contributed by atoms with E-state index in [2.05, 4.69) is 120 Å². The average molecular weight is 464 g/mol. The second-order valence-corrected chi connectivity index (χ2v) is 9.93. The van der Waals surface area contributed by atoms with Crippen molar-refractivity contribution in [3.8, 4) is 33.5 Å². The van der Waals surface area contributed by atoms with Crippen LogP contribution in [0, 0.1) is 0 Å². The van der Waals surface area contributed by atoms with Crippen molar-refractivity contribution in [1.29, 1.82) is 0 Å². The first kappa shape index (κ1) is 20.1. The Morgan fingerprint density at radius 3 is 2.23 bits per heavy atom. The van der Waals surface area contributed by atoms with Crippen molar-refractivity contribution in [2.45, 2.75) is 0 Å². The van der Waals surface area contributed by atoms with Gasteiger partial charge in [0.05, 0.1) is 5.69 Å². The Balaban J connectivity index is 1.33. The molecule has 0 N–H and O–H groups in total. The van der Waals surface area contributed by atoms with Crippen molar-refractivity contribution in [2.24, 2.45) is 0 Å². The summed E-state index contributed by atoms with van der Waals surface area (Å²) < 4.78 is 2.60. The largest absolute Gasteiger partial charge is 0.256 e. The summed E-state index contributed by atoms with van der Waals surface area (Å²) in [5.74, 6) is 0. The molecule has 0 atom stereocenters. The van der Waals surface area contributed by atoms with E-state index in [1.165, 1.54) is 53.2 Å². The molecule has 0 aliphatic carbocycles. The number of fused-ring (bicyclic) bond motifs is 4. The van der Waals surface area contributed by atoms with E-state index in [1.807, 2.05) is 23.6 Å². The summed E-state index contributed by atoms with van der Waals surface area (Å²) in [5.41, 5.74) is 7.09. The van der Waals surface area contributed by atoms with Gasteiger partial charge in [0.1, 0.15) is 0 Å². The van der Waals surface area contributed by atoms with Crippen molar-refractivity contribution in [2.75, 3.05) is 0 Å². The molecule has 0 fully saturated rings. The lowest BCUT2D eigenvalue weighted by molar-refractivity contribution is 1.33. The van der Waals surface area contributed by atoms with Crippen LogP contribution in [0.25, 0.3) is 64.5 Å². The van der Waals surface area contributed by atoms with Crippen LogP contribution in [0.1, 0.15) is 0 Å². The summed E-state index contributed by atoms with van der Waals surface area (Å²) in [5, 5.41) is 5.18. The molecule has 2 aromatic heterocycles. The van der Waals surface area contributed by atoms with Crippen LogP contribution in [0.3, 0.4) is 0 Å². The highest BCUT2D eigenvalue weighted by Crippen LogP contribution is 2.39. The third-order valence-electron chi connectivity index (χ3n) is 6.73. The molecule has 0 bridgehead atoms. The molecular formula is C33H21NS. The van der Waals surface area contributed by atoms with E-state index < -0.39 is 0 Å². The molecular weight excluding hydrogens is 442 g/mol. The Hall–Kier alpha value is -4.27. The molecule has 2 heterocycles. The average Bonchev–Trinajstić information content (AvgIpc) is 3.30. The van der Waals surface area contributed by atoms with Crippen LogP contribution in [0.2, 0.25) is 0 Å². The molecule has 0 amide bonds. The highest BCUT2D eigenvalue weighted by molar-refractivity contribution is 7.25. The highest BCUT2D eigenvalue weighted by Gasteiger charge is 2.11. The van der Waals surface area contributed by atoms with Crippen LogP contribution in [0.5, 0.6) is 0 Å². The summed E-state index contributed by atoms with van der Waals surface area (Å²) in [6, 6.07) is 43.5. The van der Waals surface area contributed by atoms with Gasteiger partial charge in [0.25, 0.3) is 0 Å². The maximum Gasteiger partial charge on any atom is 0.0708 e. The molecule has 0 aliphatic heterocycles. The summed E-state index contributed by atoms with van der Waals surface area (Å²) in [6.45, 7) is 0. The molecule has 0 unspecified atom stereocenters. The molecule has 5 aromatic carbocycles. The van der Waals surface area contributed by atoms with Gasteiger partial charge < -0.3 is 0 Å². The first-order valence-electron chi connectivity index (χ1n) is 11.8. The molecule has 164 valence electrons. The molecule has 7 rings (SSSR count). The minimum Gasteiger partial charge on any atom is -0.256 e. The first-order valence-corrected chi connectivity index (χ1v) is 12.6. The first-order chi connectivity index (χ1) is 17.3. The summed E-state index contributed by atoms with van der Waals surface area (Å²) in [6.07, 6.45) is 1.91. The lowest BCUT2D eigenvalue weighted by atomic mass is 9.97. The fraction of sp³-hybridized carbons (Fsp3) is 0. The van der Waals surface area contributed by atoms with E-state index in [-0.39, 0.29) is 0 Å². The van der Waals surface area contributed by atoms with Crippen molar-refractivity contribution in [3.05, 3.63) is 128 Å². The molecule has 1 nitrogen and oxygen atoms in total. The van der Waals surface area contributed by atoms with Crippen LogP contribution >= 0.6 is 11.3 Å². The Bertz CT molecular complexity index is 1840. The maximum atomic E-state index is 4.68. The van der Waals surface area contributed by atoms with Gasteiger partial charge in [0, 0.05) is 31.9 Å². The number of thiophene rings is 1. The number of hydrogen-bond acceptors (Lipinski definition) is 2. The maximum absolute atomic E-state index is 4.68. The van der Waals surface area contributed by atoms with Crippen LogP contribution in [0.4, 0.5) is 0 Å². The zero-order chi connectivity index (χ0) is 23.2. The van der Waals surface area contributed by atoms with Crippen LogP contribution < -0.4 is 0 Å². The minimum absolute atomic E-state index is 1.00. The van der Waals surface area contributed by atoms with E-state index in [0.717, 1.165) is 11.3 Å². The summed E-state index contributed by atoms with van der Waals surface area (Å²) >= 11 is 1.85. The van der Waals surface area contributed by atoms with Crippen LogP contribution in [0.15, 0.2) is 128 Å². The summed E-state index contributed by atoms with van der Waals surface area (Å²) in [7, 11) is 0. The molecule has 0 radical (unpaired) electrons. The smallest absolute Gasteiger partial charge is 0.0708 e. The Morgan fingerprint density at radius 1 is 0.457 bits per heavy atom. The second-order valence-electron chi connectivity index (χ2n) is 8.85. The standard InChI is InChI=1S/C33H21NS/c1-2-7-22(8-3-1)24-17-18-34-31(20-24)26-13-15-29-30-19-25(14-16-32(30)35-33(29)21-26)28-12-6-10-23-9-4-5-11-27(23)28/h1-21H. The molecule has 0 aliphatic rings. The molecule has 2 heteroatoms. The van der Waals surface area contributed by atoms with Gasteiger partial charge >= 0.3 is 0 Å². The SMILES string of the molecule is c1ccc(-c2ccnc(-c3ccc4c(c3)sc3ccc(-c5cccc6ccccc56)cc34)c2)cc1. The quantitative estimate of drug-likeness (QED) is 0.254. The molecule has 0 spiro atoms. The van der Waals surface area contributed by atoms with Gasteiger partial charge in [-0.15, -0.1) is 11.3 Å². The van der Waals surface area contributed by atoms with E-state index >= 15 is 0 Å². The second kappa shape index (κ2) is 8.19. The predicted octanol–water partition coefficient (Wildman–Crippen LogP) is 9.60. The van der Waals surface area contributed by atoms with Gasteiger partial charge in [0.15, 0.2) is 0 Å². The van der Waals surface area contributed by atoms with Gasteiger partial charge in [-0.25, -0.2) is 0 Å². The molecule has 7 aromatic rings. The third kappa shape index (κ3) is 3.51. The Morgan fingerprint density at radius 2 is 1.29 bits per heavy atom. The lowest BCUT2D eigenvalue weighted by Crippen LogP contribution is -1.85. The number of rotatable bonds is 3. The van der Waals surface area contributed by atoms with Crippen molar-refractivity contribution < 1.29 is 0 Å². The van der Waals surface area contributed by atoms with E-state index in [1.54, 1.807) is 0 Å². The molecule has 0 saturated carbocycles. The number of nitrogens with zero attached hydrogens (tertiary/aromatic N) is 1. The number of aromatic nitrogens is 1. The fourth-order valence-corrected chi connectivity index (χ4v) is 6.11. The van der Waals surface area contributed by atoms with Gasteiger partial charge in [-0.05, 0) is 63.4 Å². The third-order valence-corrected chi connectivity index (χ3v) is 7.87. The molecule has 35 heavy (non-hydrogen) atoms. The van der Waals surface area contributed by atoms with Gasteiger partial charge in [0.2, 0.25) is 0 Å². The normalized spacial score (nSPS) is 11.4. The number of pyridine rings is 1. The zero-order valence-corrected chi connectivity index (χ0v) is 19.8. The van der Waals surface area contributed by atoms with Gasteiger partial charge in [-0.2, -0.15) is 0 Å². The Kier molecular flexibility index (Phi) is 4.71. The Labute approximate surface area is 208 Å². The number of hydrogen-bond donors (Lipinski definition) is 0. The minimum atomic E-state index is 1.00.